The molecule has 0 unspecified atom stereocenters. The van der Waals surface area contributed by atoms with Gasteiger partial charge in [-0.3, -0.25) is 0 Å². The molecule has 0 saturated carbocycles. The van der Waals surface area contributed by atoms with Crippen LogP contribution in [0, 0.1) is 0 Å². The summed E-state index contributed by atoms with van der Waals surface area (Å²) < 4.78 is 0. The Morgan fingerprint density at radius 1 is 1.38 bits per heavy atom. The van der Waals surface area contributed by atoms with Gasteiger partial charge in [-0.2, -0.15) is 11.8 Å². The highest BCUT2D eigenvalue weighted by molar-refractivity contribution is 14.0. The molecule has 4 nitrogen and oxygen atoms in total. The number of nitrogens with one attached hydrogen (secondary N) is 2. The number of guanidine groups is 1. The van der Waals surface area contributed by atoms with Crippen LogP contribution in [0.25, 0.3) is 0 Å². The fourth-order valence-electron chi connectivity index (χ4n) is 1.49. The summed E-state index contributed by atoms with van der Waals surface area (Å²) in [4.78, 5) is 9.25. The lowest BCUT2D eigenvalue weighted by molar-refractivity contribution is 0.571. The third-order valence-electron chi connectivity index (χ3n) is 2.64. The number of aliphatic imine (C=N–C) groups is 1. The van der Waals surface area contributed by atoms with Gasteiger partial charge in [0.1, 0.15) is 5.01 Å². The highest BCUT2D eigenvalue weighted by Crippen LogP contribution is 2.24. The summed E-state index contributed by atoms with van der Waals surface area (Å²) in [7, 11) is 0. The molecule has 7 heteroatoms. The van der Waals surface area contributed by atoms with E-state index in [0.29, 0.717) is 6.54 Å². The van der Waals surface area contributed by atoms with Crippen LogP contribution in [-0.2, 0) is 12.0 Å². The molecule has 0 spiro atoms. The number of halogens is 1. The van der Waals surface area contributed by atoms with E-state index in [9.17, 15) is 0 Å². The first-order chi connectivity index (χ1) is 9.47. The molecule has 0 aromatic carbocycles. The van der Waals surface area contributed by atoms with Crippen LogP contribution in [0.5, 0.6) is 0 Å². The molecule has 2 N–H and O–H groups in total. The van der Waals surface area contributed by atoms with Crippen molar-refractivity contribution in [1.82, 2.24) is 15.6 Å². The maximum absolute atomic E-state index is 4.66. The summed E-state index contributed by atoms with van der Waals surface area (Å²) in [5.74, 6) is 1.95. The number of nitrogens with zero attached hydrogens (tertiary/aromatic N) is 2. The predicted octanol–water partition coefficient (Wildman–Crippen LogP) is 3.48. The quantitative estimate of drug-likeness (QED) is 0.307. The molecular weight excluding hydrogens is 415 g/mol. The van der Waals surface area contributed by atoms with E-state index in [-0.39, 0.29) is 29.4 Å². The van der Waals surface area contributed by atoms with Crippen molar-refractivity contribution in [3.05, 3.63) is 16.1 Å². The van der Waals surface area contributed by atoms with Gasteiger partial charge >= 0.3 is 0 Å². The second-order valence-corrected chi connectivity index (χ2v) is 7.42. The molecule has 0 aliphatic heterocycles. The summed E-state index contributed by atoms with van der Waals surface area (Å²) in [5.41, 5.74) is 1.26. The van der Waals surface area contributed by atoms with E-state index in [1.165, 1.54) is 0 Å². The normalized spacial score (nSPS) is 12.0. The topological polar surface area (TPSA) is 49.3 Å². The summed E-state index contributed by atoms with van der Waals surface area (Å²) in [6, 6.07) is 0. The van der Waals surface area contributed by atoms with E-state index < -0.39 is 0 Å². The lowest BCUT2D eigenvalue weighted by Crippen LogP contribution is -2.38. The van der Waals surface area contributed by atoms with E-state index in [1.54, 1.807) is 11.3 Å². The second kappa shape index (κ2) is 10.7. The van der Waals surface area contributed by atoms with Gasteiger partial charge < -0.3 is 10.6 Å². The van der Waals surface area contributed by atoms with Crippen LogP contribution < -0.4 is 10.6 Å². The van der Waals surface area contributed by atoms with Crippen LogP contribution in [0.4, 0.5) is 0 Å². The van der Waals surface area contributed by atoms with Crippen molar-refractivity contribution in [2.24, 2.45) is 4.99 Å². The van der Waals surface area contributed by atoms with E-state index in [4.69, 9.17) is 0 Å². The van der Waals surface area contributed by atoms with Gasteiger partial charge in [-0.15, -0.1) is 35.3 Å². The molecule has 1 aromatic rings. The molecule has 0 amide bonds. The van der Waals surface area contributed by atoms with Crippen LogP contribution in [0.2, 0.25) is 0 Å². The Hall–Kier alpha value is -0.0200. The van der Waals surface area contributed by atoms with Crippen molar-refractivity contribution in [2.75, 3.05) is 25.1 Å². The first-order valence-corrected chi connectivity index (χ1v) is 9.20. The fourth-order valence-corrected chi connectivity index (χ4v) is 2.74. The average molecular weight is 442 g/mol. The van der Waals surface area contributed by atoms with E-state index in [1.807, 2.05) is 11.8 Å². The number of hydrogen-bond donors (Lipinski definition) is 2. The third kappa shape index (κ3) is 8.25. The Kier molecular flexibility index (Phi) is 10.7. The molecule has 0 aliphatic carbocycles. The average Bonchev–Trinajstić information content (AvgIpc) is 2.85. The summed E-state index contributed by atoms with van der Waals surface area (Å²) in [6.45, 7) is 11.1. The zero-order chi connectivity index (χ0) is 15.0. The van der Waals surface area contributed by atoms with Gasteiger partial charge in [0, 0.05) is 29.6 Å². The van der Waals surface area contributed by atoms with Gasteiger partial charge in [0.25, 0.3) is 0 Å². The van der Waals surface area contributed by atoms with Crippen molar-refractivity contribution >= 4 is 53.0 Å². The van der Waals surface area contributed by atoms with Crippen LogP contribution in [0.15, 0.2) is 10.4 Å². The van der Waals surface area contributed by atoms with Crippen molar-refractivity contribution in [2.45, 2.75) is 39.7 Å². The minimum absolute atomic E-state index is 0. The van der Waals surface area contributed by atoms with Crippen molar-refractivity contribution in [3.8, 4) is 0 Å². The molecular formula is C14H27IN4S2. The zero-order valence-electron chi connectivity index (χ0n) is 13.5. The maximum atomic E-state index is 4.66. The molecule has 0 saturated heterocycles. The second-order valence-electron chi connectivity index (χ2n) is 5.49. The van der Waals surface area contributed by atoms with Gasteiger partial charge in [-0.1, -0.05) is 20.8 Å². The van der Waals surface area contributed by atoms with Crippen molar-refractivity contribution in [3.63, 3.8) is 0 Å². The first kappa shape index (κ1) is 21.0. The van der Waals surface area contributed by atoms with Crippen LogP contribution in [0.1, 0.15) is 38.4 Å². The van der Waals surface area contributed by atoms with Crippen LogP contribution >= 0.6 is 47.1 Å². The molecule has 0 atom stereocenters. The number of thiazole rings is 1. The molecule has 21 heavy (non-hydrogen) atoms. The number of hydrogen-bond acceptors (Lipinski definition) is 4. The first-order valence-electron chi connectivity index (χ1n) is 6.93. The maximum Gasteiger partial charge on any atom is 0.191 e. The lowest BCUT2D eigenvalue weighted by atomic mass is 9.93. The van der Waals surface area contributed by atoms with E-state index in [0.717, 1.165) is 35.5 Å². The summed E-state index contributed by atoms with van der Waals surface area (Å²) >= 11 is 3.51. The fraction of sp³-hybridized carbons (Fsp3) is 0.714. The minimum Gasteiger partial charge on any atom is -0.357 e. The Balaban J connectivity index is 0.00000400. The third-order valence-corrected chi connectivity index (χ3v) is 4.08. The molecule has 0 fully saturated rings. The smallest absolute Gasteiger partial charge is 0.191 e. The van der Waals surface area contributed by atoms with Crippen molar-refractivity contribution < 1.29 is 0 Å². The van der Waals surface area contributed by atoms with Gasteiger partial charge in [-0.25, -0.2) is 9.98 Å². The molecule has 0 bridgehead atoms. The van der Waals surface area contributed by atoms with Crippen LogP contribution in [-0.4, -0.2) is 36.0 Å². The van der Waals surface area contributed by atoms with Crippen molar-refractivity contribution in [1.29, 1.82) is 0 Å². The molecule has 1 aromatic heterocycles. The van der Waals surface area contributed by atoms with Crippen LogP contribution in [0.3, 0.4) is 0 Å². The highest BCUT2D eigenvalue weighted by Gasteiger charge is 2.17. The number of rotatable bonds is 6. The van der Waals surface area contributed by atoms with Gasteiger partial charge in [0.2, 0.25) is 0 Å². The largest absolute Gasteiger partial charge is 0.357 e. The molecule has 0 radical (unpaired) electrons. The van der Waals surface area contributed by atoms with Gasteiger partial charge in [-0.05, 0) is 13.2 Å². The van der Waals surface area contributed by atoms with Gasteiger partial charge in [0.15, 0.2) is 5.96 Å². The Labute approximate surface area is 154 Å². The number of aromatic nitrogens is 1. The Morgan fingerprint density at radius 2 is 2.10 bits per heavy atom. The molecule has 122 valence electrons. The monoisotopic (exact) mass is 442 g/mol. The standard InChI is InChI=1S/C14H26N4S2.HI/c1-6-15-13(16-7-8-19-5)17-9-12-18-11(10-20-12)14(2,3)4;/h10H,6-9H2,1-5H3,(H2,15,16,17);1H. The van der Waals surface area contributed by atoms with E-state index >= 15 is 0 Å². The predicted molar refractivity (Wildman–Crippen MR) is 107 cm³/mol. The Bertz CT molecular complexity index is 427. The van der Waals surface area contributed by atoms with E-state index in [2.05, 4.69) is 59.9 Å². The lowest BCUT2D eigenvalue weighted by Gasteiger charge is -2.14. The molecule has 1 heterocycles. The highest BCUT2D eigenvalue weighted by atomic mass is 127. The minimum atomic E-state index is 0. The summed E-state index contributed by atoms with van der Waals surface area (Å²) in [6.07, 6.45) is 2.11. The SMILES string of the molecule is CCNC(=NCc1nc(C(C)(C)C)cs1)NCCSC.I. The molecule has 0 aliphatic rings. The van der Waals surface area contributed by atoms with Gasteiger partial charge in [0.05, 0.1) is 12.2 Å². The zero-order valence-corrected chi connectivity index (χ0v) is 17.5. The molecule has 1 rings (SSSR count). The summed E-state index contributed by atoms with van der Waals surface area (Å²) in [5, 5.41) is 9.78. The Morgan fingerprint density at radius 3 is 2.62 bits per heavy atom. The number of thioether (sulfide) groups is 1.